The van der Waals surface area contributed by atoms with Crippen molar-refractivity contribution in [2.45, 2.75) is 12.3 Å². The van der Waals surface area contributed by atoms with Crippen molar-refractivity contribution in [3.05, 3.63) is 173 Å². The van der Waals surface area contributed by atoms with Crippen LogP contribution in [-0.4, -0.2) is 7.11 Å². The Morgan fingerprint density at radius 3 is 1.34 bits per heavy atom. The summed E-state index contributed by atoms with van der Waals surface area (Å²) >= 11 is 0. The second-order valence-corrected chi connectivity index (χ2v) is 10.6. The van der Waals surface area contributed by atoms with Crippen molar-refractivity contribution >= 4 is 0 Å². The molecule has 2 heteroatoms. The van der Waals surface area contributed by atoms with Crippen molar-refractivity contribution < 1.29 is 9.47 Å². The van der Waals surface area contributed by atoms with Gasteiger partial charge in [-0.1, -0.05) is 115 Å². The van der Waals surface area contributed by atoms with Gasteiger partial charge in [-0.15, -0.1) is 0 Å². The zero-order valence-corrected chi connectivity index (χ0v) is 23.2. The van der Waals surface area contributed by atoms with Gasteiger partial charge in [0.15, 0.2) is 0 Å². The van der Waals surface area contributed by atoms with Crippen molar-refractivity contribution in [2.24, 2.45) is 0 Å². The standard InChI is InChI=1S/C39H30O2/c1-27-11-17-30(18-12-27)39(37-9-5-3-7-35(37)36-8-4-6-10-38(36)39)31-19-25-34(26-20-31)41-33-23-15-29(16-24-33)28-13-21-32(40-2)22-14-28/h3-26H,1-2H3. The van der Waals surface area contributed by atoms with E-state index in [1.54, 1.807) is 7.11 Å². The summed E-state index contributed by atoms with van der Waals surface area (Å²) in [7, 11) is 1.68. The molecule has 0 N–H and O–H groups in total. The largest absolute Gasteiger partial charge is 0.497 e. The summed E-state index contributed by atoms with van der Waals surface area (Å²) in [5.74, 6) is 2.47. The van der Waals surface area contributed by atoms with Crippen LogP contribution in [0.5, 0.6) is 17.2 Å². The second kappa shape index (κ2) is 10.1. The molecule has 1 aliphatic rings. The van der Waals surface area contributed by atoms with Crippen LogP contribution in [0.4, 0.5) is 0 Å². The smallest absolute Gasteiger partial charge is 0.127 e. The van der Waals surface area contributed by atoms with Gasteiger partial charge in [-0.05, 0) is 87.8 Å². The van der Waals surface area contributed by atoms with Crippen molar-refractivity contribution in [3.63, 3.8) is 0 Å². The van der Waals surface area contributed by atoms with Crippen LogP contribution in [0.25, 0.3) is 22.3 Å². The van der Waals surface area contributed by atoms with E-state index in [9.17, 15) is 0 Å². The summed E-state index contributed by atoms with van der Waals surface area (Å²) in [6, 6.07) is 51.6. The molecule has 6 aromatic rings. The van der Waals surface area contributed by atoms with Gasteiger partial charge in [-0.25, -0.2) is 0 Å². The molecule has 0 spiro atoms. The van der Waals surface area contributed by atoms with E-state index in [4.69, 9.17) is 9.47 Å². The Morgan fingerprint density at radius 2 is 0.854 bits per heavy atom. The third-order valence-corrected chi connectivity index (χ3v) is 8.24. The lowest BCUT2D eigenvalue weighted by atomic mass is 9.67. The number of hydrogen-bond acceptors (Lipinski definition) is 2. The van der Waals surface area contributed by atoms with Gasteiger partial charge < -0.3 is 9.47 Å². The van der Waals surface area contributed by atoms with Gasteiger partial charge in [-0.2, -0.15) is 0 Å². The van der Waals surface area contributed by atoms with Crippen molar-refractivity contribution in [1.29, 1.82) is 0 Å². The van der Waals surface area contributed by atoms with Gasteiger partial charge in [0.1, 0.15) is 17.2 Å². The van der Waals surface area contributed by atoms with E-state index < -0.39 is 5.41 Å². The quantitative estimate of drug-likeness (QED) is 0.213. The van der Waals surface area contributed by atoms with Crippen LogP contribution in [0, 0.1) is 6.92 Å². The zero-order valence-electron chi connectivity index (χ0n) is 23.2. The van der Waals surface area contributed by atoms with Crippen LogP contribution in [0.1, 0.15) is 27.8 Å². The summed E-state index contributed by atoms with van der Waals surface area (Å²) in [5.41, 5.74) is 10.8. The lowest BCUT2D eigenvalue weighted by molar-refractivity contribution is 0.415. The Labute approximate surface area is 241 Å². The van der Waals surface area contributed by atoms with Gasteiger partial charge in [-0.3, -0.25) is 0 Å². The SMILES string of the molecule is COc1ccc(-c2ccc(Oc3ccc(C4(c5ccc(C)cc5)c5ccccc5-c5ccccc54)cc3)cc2)cc1. The predicted molar refractivity (Wildman–Crippen MR) is 167 cm³/mol. The summed E-state index contributed by atoms with van der Waals surface area (Å²) in [5, 5.41) is 0. The first kappa shape index (κ1) is 24.9. The van der Waals surface area contributed by atoms with E-state index in [0.717, 1.165) is 28.4 Å². The van der Waals surface area contributed by atoms with E-state index >= 15 is 0 Å². The number of hydrogen-bond donors (Lipinski definition) is 0. The minimum absolute atomic E-state index is 0.403. The Morgan fingerprint density at radius 1 is 0.439 bits per heavy atom. The average molecular weight is 531 g/mol. The molecule has 0 aliphatic heterocycles. The van der Waals surface area contributed by atoms with Gasteiger partial charge in [0, 0.05) is 0 Å². The molecule has 0 radical (unpaired) electrons. The summed E-state index contributed by atoms with van der Waals surface area (Å²) < 4.78 is 11.6. The van der Waals surface area contributed by atoms with Crippen molar-refractivity contribution in [1.82, 2.24) is 0 Å². The van der Waals surface area contributed by atoms with E-state index in [2.05, 4.69) is 128 Å². The first-order valence-corrected chi connectivity index (χ1v) is 14.0. The van der Waals surface area contributed by atoms with E-state index in [-0.39, 0.29) is 0 Å². The highest BCUT2D eigenvalue weighted by Gasteiger charge is 2.45. The number of rotatable bonds is 6. The van der Waals surface area contributed by atoms with Gasteiger partial charge >= 0.3 is 0 Å². The fourth-order valence-corrected chi connectivity index (χ4v) is 6.24. The Kier molecular flexibility index (Phi) is 6.17. The van der Waals surface area contributed by atoms with Crippen LogP contribution in [0.3, 0.4) is 0 Å². The zero-order chi connectivity index (χ0) is 27.8. The van der Waals surface area contributed by atoms with Crippen LogP contribution in [0.15, 0.2) is 146 Å². The molecule has 41 heavy (non-hydrogen) atoms. The maximum Gasteiger partial charge on any atom is 0.127 e. The lowest BCUT2D eigenvalue weighted by Gasteiger charge is -2.34. The molecule has 0 amide bonds. The van der Waals surface area contributed by atoms with E-state index in [0.29, 0.717) is 0 Å². The van der Waals surface area contributed by atoms with Crippen molar-refractivity contribution in [2.75, 3.05) is 7.11 Å². The molecule has 0 fully saturated rings. The molecule has 6 aromatic carbocycles. The molecule has 0 saturated carbocycles. The monoisotopic (exact) mass is 530 g/mol. The number of methoxy groups -OCH3 is 1. The van der Waals surface area contributed by atoms with E-state index in [1.807, 2.05) is 24.3 Å². The minimum atomic E-state index is -0.403. The average Bonchev–Trinajstić information content (AvgIpc) is 3.33. The van der Waals surface area contributed by atoms with Crippen LogP contribution in [0.2, 0.25) is 0 Å². The van der Waals surface area contributed by atoms with Gasteiger partial charge in [0.05, 0.1) is 12.5 Å². The predicted octanol–water partition coefficient (Wildman–Crippen LogP) is 9.83. The minimum Gasteiger partial charge on any atom is -0.497 e. The van der Waals surface area contributed by atoms with Gasteiger partial charge in [0.2, 0.25) is 0 Å². The number of benzene rings is 6. The maximum atomic E-state index is 6.30. The number of ether oxygens (including phenoxy) is 2. The summed E-state index contributed by atoms with van der Waals surface area (Å²) in [4.78, 5) is 0. The first-order valence-electron chi connectivity index (χ1n) is 14.0. The third-order valence-electron chi connectivity index (χ3n) is 8.24. The molecule has 0 atom stereocenters. The number of aryl methyl sites for hydroxylation is 1. The van der Waals surface area contributed by atoms with Gasteiger partial charge in [0.25, 0.3) is 0 Å². The maximum absolute atomic E-state index is 6.30. The normalized spacial score (nSPS) is 12.8. The highest BCUT2D eigenvalue weighted by atomic mass is 16.5. The molecule has 7 rings (SSSR count). The molecular formula is C39H30O2. The molecule has 0 saturated heterocycles. The third kappa shape index (κ3) is 4.20. The molecule has 1 aliphatic carbocycles. The molecule has 198 valence electrons. The van der Waals surface area contributed by atoms with E-state index in [1.165, 1.54) is 38.9 Å². The second-order valence-electron chi connectivity index (χ2n) is 10.6. The topological polar surface area (TPSA) is 18.5 Å². The highest BCUT2D eigenvalue weighted by molar-refractivity contribution is 5.86. The molecule has 0 aromatic heterocycles. The molecule has 0 heterocycles. The Hall–Kier alpha value is -5.08. The fourth-order valence-electron chi connectivity index (χ4n) is 6.24. The highest BCUT2D eigenvalue weighted by Crippen LogP contribution is 2.56. The molecule has 0 bridgehead atoms. The van der Waals surface area contributed by atoms with Crippen LogP contribution in [-0.2, 0) is 5.41 Å². The lowest BCUT2D eigenvalue weighted by Crippen LogP contribution is -2.28. The van der Waals surface area contributed by atoms with Crippen molar-refractivity contribution in [3.8, 4) is 39.5 Å². The summed E-state index contributed by atoms with van der Waals surface area (Å²) in [6.07, 6.45) is 0. The molecule has 0 unspecified atom stereocenters. The van der Waals surface area contributed by atoms with Crippen LogP contribution < -0.4 is 9.47 Å². The Balaban J connectivity index is 1.25. The first-order chi connectivity index (χ1) is 20.2. The summed E-state index contributed by atoms with van der Waals surface area (Å²) in [6.45, 7) is 2.14. The molecule has 2 nitrogen and oxygen atoms in total. The van der Waals surface area contributed by atoms with Crippen LogP contribution >= 0.6 is 0 Å². The number of fused-ring (bicyclic) bond motifs is 3. The molecular weight excluding hydrogens is 500 g/mol. The Bertz CT molecular complexity index is 1770. The fraction of sp³-hybridized carbons (Fsp3) is 0.0769.